The molecule has 2 aromatic rings. The van der Waals surface area contributed by atoms with Crippen molar-refractivity contribution in [3.05, 3.63) is 64.8 Å². The summed E-state index contributed by atoms with van der Waals surface area (Å²) in [6.07, 6.45) is 4.39. The predicted molar refractivity (Wildman–Crippen MR) is 124 cm³/mol. The van der Waals surface area contributed by atoms with Gasteiger partial charge in [-0.15, -0.1) is 0 Å². The number of nitrogens with zero attached hydrogens (tertiary/aromatic N) is 3. The summed E-state index contributed by atoms with van der Waals surface area (Å²) in [6.45, 7) is 6.86. The van der Waals surface area contributed by atoms with Gasteiger partial charge in [0.15, 0.2) is 5.17 Å². The van der Waals surface area contributed by atoms with Crippen molar-refractivity contribution in [2.75, 3.05) is 24.5 Å². The van der Waals surface area contributed by atoms with Gasteiger partial charge in [0.25, 0.3) is 5.91 Å². The largest absolute Gasteiger partial charge is 0.372 e. The Hall–Kier alpha value is -2.60. The van der Waals surface area contributed by atoms with E-state index in [1.807, 2.05) is 18.2 Å². The summed E-state index contributed by atoms with van der Waals surface area (Å²) < 4.78 is 14.1. The molecule has 2 aliphatic heterocycles. The number of benzene rings is 2. The molecule has 2 heterocycles. The second-order valence-corrected chi connectivity index (χ2v) is 9.06. The first kappa shape index (κ1) is 20.7. The van der Waals surface area contributed by atoms with E-state index in [9.17, 15) is 9.18 Å². The van der Waals surface area contributed by atoms with Gasteiger partial charge >= 0.3 is 0 Å². The quantitative estimate of drug-likeness (QED) is 0.580. The van der Waals surface area contributed by atoms with Crippen molar-refractivity contribution < 1.29 is 9.18 Å². The lowest BCUT2D eigenvalue weighted by molar-refractivity contribution is -0.122. The number of hydrogen-bond donors (Lipinski definition) is 0. The average Bonchev–Trinajstić information content (AvgIpc) is 3.35. The SMILES string of the molecule is CC(C)CN1C(=O)/C(=C\c2ccc(N3CCCC3)cc2)SC1=Nc1ccccc1F. The number of amidine groups is 1. The van der Waals surface area contributed by atoms with Crippen LogP contribution in [0.2, 0.25) is 0 Å². The van der Waals surface area contributed by atoms with Crippen molar-refractivity contribution >= 4 is 40.3 Å². The molecular weight excluding hydrogens is 397 g/mol. The topological polar surface area (TPSA) is 35.9 Å². The normalized spacial score (nSPS) is 19.7. The van der Waals surface area contributed by atoms with E-state index in [0.29, 0.717) is 16.6 Å². The Kier molecular flexibility index (Phi) is 6.23. The fourth-order valence-electron chi connectivity index (χ4n) is 3.67. The third-order valence-electron chi connectivity index (χ3n) is 5.17. The Labute approximate surface area is 181 Å². The molecule has 156 valence electrons. The van der Waals surface area contributed by atoms with Crippen LogP contribution >= 0.6 is 11.8 Å². The van der Waals surface area contributed by atoms with Crippen molar-refractivity contribution in [1.82, 2.24) is 4.90 Å². The number of carbonyl (C=O) groups is 1. The second kappa shape index (κ2) is 9.04. The number of aliphatic imine (C=N–C) groups is 1. The van der Waals surface area contributed by atoms with Gasteiger partial charge in [-0.05, 0) is 66.4 Å². The molecule has 0 aliphatic carbocycles. The van der Waals surface area contributed by atoms with E-state index in [0.717, 1.165) is 18.7 Å². The molecule has 1 amide bonds. The second-order valence-electron chi connectivity index (χ2n) is 8.05. The van der Waals surface area contributed by atoms with Crippen LogP contribution in [-0.2, 0) is 4.79 Å². The highest BCUT2D eigenvalue weighted by Gasteiger charge is 2.33. The maximum atomic E-state index is 14.1. The molecule has 2 aliphatic rings. The third kappa shape index (κ3) is 4.59. The Morgan fingerprint density at radius 3 is 2.47 bits per heavy atom. The molecule has 2 fully saturated rings. The van der Waals surface area contributed by atoms with Gasteiger partial charge < -0.3 is 4.90 Å². The van der Waals surface area contributed by atoms with Gasteiger partial charge in [-0.1, -0.05) is 38.1 Å². The van der Waals surface area contributed by atoms with Crippen molar-refractivity contribution in [3.63, 3.8) is 0 Å². The first-order chi connectivity index (χ1) is 14.5. The lowest BCUT2D eigenvalue weighted by Crippen LogP contribution is -2.32. The molecule has 4 nitrogen and oxygen atoms in total. The maximum absolute atomic E-state index is 14.1. The summed E-state index contributed by atoms with van der Waals surface area (Å²) in [5.74, 6) is -0.190. The number of hydrogen-bond acceptors (Lipinski definition) is 4. The number of anilines is 1. The average molecular weight is 424 g/mol. The van der Waals surface area contributed by atoms with Crippen LogP contribution in [0.1, 0.15) is 32.3 Å². The summed E-state index contributed by atoms with van der Waals surface area (Å²) in [6, 6.07) is 14.7. The Morgan fingerprint density at radius 2 is 1.80 bits per heavy atom. The van der Waals surface area contributed by atoms with Gasteiger partial charge in [0.1, 0.15) is 11.5 Å². The Bertz CT molecular complexity index is 978. The lowest BCUT2D eigenvalue weighted by Gasteiger charge is -2.18. The van der Waals surface area contributed by atoms with E-state index in [1.54, 1.807) is 23.1 Å². The molecule has 0 spiro atoms. The van der Waals surface area contributed by atoms with E-state index >= 15 is 0 Å². The third-order valence-corrected chi connectivity index (χ3v) is 6.17. The molecule has 6 heteroatoms. The summed E-state index contributed by atoms with van der Waals surface area (Å²) in [7, 11) is 0. The standard InChI is InChI=1S/C24H26FN3OS/c1-17(2)16-28-23(29)22(30-24(28)26-21-8-4-3-7-20(21)25)15-18-9-11-19(12-10-18)27-13-5-6-14-27/h3-4,7-12,15,17H,5-6,13-14,16H2,1-2H3/b22-15+,26-24?. The van der Waals surface area contributed by atoms with Gasteiger partial charge in [0.2, 0.25) is 0 Å². The number of rotatable bonds is 5. The zero-order valence-electron chi connectivity index (χ0n) is 17.3. The zero-order chi connectivity index (χ0) is 21.1. The van der Waals surface area contributed by atoms with Crippen LogP contribution in [0.15, 0.2) is 58.4 Å². The minimum atomic E-state index is -0.391. The number of amides is 1. The summed E-state index contributed by atoms with van der Waals surface area (Å²) in [4.78, 5) is 22.2. The maximum Gasteiger partial charge on any atom is 0.266 e. The molecule has 0 atom stereocenters. The number of carbonyl (C=O) groups excluding carboxylic acids is 1. The van der Waals surface area contributed by atoms with E-state index in [1.165, 1.54) is 36.4 Å². The van der Waals surface area contributed by atoms with E-state index < -0.39 is 5.82 Å². The van der Waals surface area contributed by atoms with Gasteiger partial charge in [-0.2, -0.15) is 0 Å². The van der Waals surface area contributed by atoms with Crippen molar-refractivity contribution in [2.45, 2.75) is 26.7 Å². The highest BCUT2D eigenvalue weighted by Crippen LogP contribution is 2.35. The smallest absolute Gasteiger partial charge is 0.266 e. The van der Waals surface area contributed by atoms with Gasteiger partial charge in [0, 0.05) is 25.3 Å². The molecule has 0 unspecified atom stereocenters. The molecule has 0 aromatic heterocycles. The summed E-state index contributed by atoms with van der Waals surface area (Å²) >= 11 is 1.31. The van der Waals surface area contributed by atoms with E-state index in [-0.39, 0.29) is 17.5 Å². The molecule has 4 rings (SSSR count). The van der Waals surface area contributed by atoms with Gasteiger partial charge in [-0.3, -0.25) is 9.69 Å². The van der Waals surface area contributed by atoms with Crippen molar-refractivity contribution in [2.24, 2.45) is 10.9 Å². The van der Waals surface area contributed by atoms with E-state index in [2.05, 4.69) is 35.9 Å². The van der Waals surface area contributed by atoms with Gasteiger partial charge in [0.05, 0.1) is 4.91 Å². The van der Waals surface area contributed by atoms with Crippen LogP contribution < -0.4 is 4.90 Å². The monoisotopic (exact) mass is 423 g/mol. The molecular formula is C24H26FN3OS. The fourth-order valence-corrected chi connectivity index (χ4v) is 4.67. The van der Waals surface area contributed by atoms with Crippen LogP contribution in [0.25, 0.3) is 6.08 Å². The Balaban J connectivity index is 1.60. The number of thioether (sulfide) groups is 1. The predicted octanol–water partition coefficient (Wildman–Crippen LogP) is 5.69. The molecule has 0 saturated carbocycles. The molecule has 0 N–H and O–H groups in total. The van der Waals surface area contributed by atoms with Crippen LogP contribution in [0.3, 0.4) is 0 Å². The Morgan fingerprint density at radius 1 is 1.10 bits per heavy atom. The van der Waals surface area contributed by atoms with Gasteiger partial charge in [-0.25, -0.2) is 9.38 Å². The van der Waals surface area contributed by atoms with E-state index in [4.69, 9.17) is 0 Å². The minimum absolute atomic E-state index is 0.0765. The molecule has 30 heavy (non-hydrogen) atoms. The van der Waals surface area contributed by atoms with Crippen LogP contribution in [-0.4, -0.2) is 35.6 Å². The number of halogens is 1. The van der Waals surface area contributed by atoms with Crippen LogP contribution in [0.4, 0.5) is 15.8 Å². The zero-order valence-corrected chi connectivity index (χ0v) is 18.2. The first-order valence-electron chi connectivity index (χ1n) is 10.4. The van der Waals surface area contributed by atoms with Crippen LogP contribution in [0, 0.1) is 11.7 Å². The summed E-state index contributed by atoms with van der Waals surface area (Å²) in [5, 5.41) is 0.527. The minimum Gasteiger partial charge on any atom is -0.372 e. The van der Waals surface area contributed by atoms with Crippen molar-refractivity contribution in [1.29, 1.82) is 0 Å². The number of para-hydroxylation sites is 1. The molecule has 2 aromatic carbocycles. The van der Waals surface area contributed by atoms with Crippen LogP contribution in [0.5, 0.6) is 0 Å². The highest BCUT2D eigenvalue weighted by atomic mass is 32.2. The fraction of sp³-hybridized carbons (Fsp3) is 0.333. The summed E-state index contributed by atoms with van der Waals surface area (Å²) in [5.41, 5.74) is 2.45. The van der Waals surface area contributed by atoms with Crippen molar-refractivity contribution in [3.8, 4) is 0 Å². The molecule has 2 saturated heterocycles. The molecule has 0 radical (unpaired) electrons. The highest BCUT2D eigenvalue weighted by molar-refractivity contribution is 8.18. The lowest BCUT2D eigenvalue weighted by atomic mass is 10.1. The first-order valence-corrected chi connectivity index (χ1v) is 11.2. The molecule has 0 bridgehead atoms.